The van der Waals surface area contributed by atoms with Gasteiger partial charge >= 0.3 is 0 Å². The smallest absolute Gasteiger partial charge is 0.244 e. The Kier molecular flexibility index (Phi) is 4.92. The highest BCUT2D eigenvalue weighted by atomic mass is 35.5. The average Bonchev–Trinajstić information content (AvgIpc) is 2.41. The van der Waals surface area contributed by atoms with Crippen molar-refractivity contribution < 1.29 is 17.9 Å². The Morgan fingerprint density at radius 2 is 2.24 bits per heavy atom. The van der Waals surface area contributed by atoms with Gasteiger partial charge in [-0.15, -0.1) is 0 Å². The lowest BCUT2D eigenvalue weighted by molar-refractivity contribution is 0.119. The van der Waals surface area contributed by atoms with Crippen molar-refractivity contribution in [2.45, 2.75) is 43.0 Å². The molecule has 2 N–H and O–H groups in total. The first-order valence-electron chi connectivity index (χ1n) is 6.88. The van der Waals surface area contributed by atoms with Crippen LogP contribution in [0.1, 0.15) is 32.6 Å². The summed E-state index contributed by atoms with van der Waals surface area (Å²) in [4.78, 5) is -0.485. The fourth-order valence-corrected chi connectivity index (χ4v) is 4.72. The summed E-state index contributed by atoms with van der Waals surface area (Å²) in [6.07, 6.45) is 2.89. The highest BCUT2D eigenvalue weighted by Crippen LogP contribution is 2.34. The molecule has 2 rings (SSSR count). The summed E-state index contributed by atoms with van der Waals surface area (Å²) < 4.78 is 41.3. The van der Waals surface area contributed by atoms with Crippen LogP contribution < -0.4 is 4.72 Å². The van der Waals surface area contributed by atoms with E-state index >= 15 is 0 Å². The number of aliphatic hydroxyl groups is 1. The topological polar surface area (TPSA) is 66.4 Å². The number of rotatable bonds is 4. The first-order valence-corrected chi connectivity index (χ1v) is 8.75. The fourth-order valence-electron chi connectivity index (χ4n) is 2.96. The second kappa shape index (κ2) is 6.20. The van der Waals surface area contributed by atoms with Gasteiger partial charge in [0.25, 0.3) is 0 Å². The summed E-state index contributed by atoms with van der Waals surface area (Å²) in [5.74, 6) is -0.665. The second-order valence-electron chi connectivity index (χ2n) is 5.80. The van der Waals surface area contributed by atoms with E-state index in [1.54, 1.807) is 0 Å². The predicted molar refractivity (Wildman–Crippen MR) is 79.2 cm³/mol. The summed E-state index contributed by atoms with van der Waals surface area (Å²) in [5.41, 5.74) is -0.925. The maximum Gasteiger partial charge on any atom is 0.244 e. The van der Waals surface area contributed by atoms with Crippen molar-refractivity contribution in [2.75, 3.05) is 6.61 Å². The molecule has 0 spiro atoms. The van der Waals surface area contributed by atoms with Crippen LogP contribution in [0, 0.1) is 11.7 Å². The van der Waals surface area contributed by atoms with E-state index in [-0.39, 0.29) is 11.6 Å². The van der Waals surface area contributed by atoms with Crippen molar-refractivity contribution in [1.29, 1.82) is 0 Å². The molecular weight excluding hydrogens is 317 g/mol. The van der Waals surface area contributed by atoms with Crippen molar-refractivity contribution in [2.24, 2.45) is 5.92 Å². The maximum atomic E-state index is 13.9. The fraction of sp³-hybridized carbons (Fsp3) is 0.571. The average molecular weight is 336 g/mol. The van der Waals surface area contributed by atoms with E-state index in [1.807, 2.05) is 6.92 Å². The van der Waals surface area contributed by atoms with Gasteiger partial charge in [-0.1, -0.05) is 37.4 Å². The van der Waals surface area contributed by atoms with Gasteiger partial charge in [0, 0.05) is 0 Å². The molecule has 2 unspecified atom stereocenters. The number of aliphatic hydroxyl groups excluding tert-OH is 1. The van der Waals surface area contributed by atoms with Gasteiger partial charge in [0.2, 0.25) is 10.0 Å². The van der Waals surface area contributed by atoms with Gasteiger partial charge in [0.05, 0.1) is 17.2 Å². The van der Waals surface area contributed by atoms with Crippen molar-refractivity contribution in [3.05, 3.63) is 29.0 Å². The van der Waals surface area contributed by atoms with Gasteiger partial charge in [0.15, 0.2) is 5.82 Å². The molecule has 1 aliphatic carbocycles. The Morgan fingerprint density at radius 1 is 1.52 bits per heavy atom. The van der Waals surface area contributed by atoms with Crippen molar-refractivity contribution >= 4 is 21.6 Å². The molecule has 1 fully saturated rings. The van der Waals surface area contributed by atoms with Crippen LogP contribution in [-0.2, 0) is 10.0 Å². The van der Waals surface area contributed by atoms with E-state index in [4.69, 9.17) is 11.6 Å². The Morgan fingerprint density at radius 3 is 2.86 bits per heavy atom. The molecule has 0 aliphatic heterocycles. The van der Waals surface area contributed by atoms with Crippen LogP contribution in [0.2, 0.25) is 5.02 Å². The van der Waals surface area contributed by atoms with Crippen molar-refractivity contribution in [1.82, 2.24) is 4.72 Å². The molecule has 118 valence electrons. The van der Waals surface area contributed by atoms with Gasteiger partial charge in [-0.2, -0.15) is 0 Å². The molecule has 2 atom stereocenters. The monoisotopic (exact) mass is 335 g/mol. The summed E-state index contributed by atoms with van der Waals surface area (Å²) in [6, 6.07) is 3.84. The Balaban J connectivity index is 2.33. The van der Waals surface area contributed by atoms with E-state index in [0.717, 1.165) is 12.8 Å². The molecule has 0 heterocycles. The second-order valence-corrected chi connectivity index (χ2v) is 7.86. The molecular formula is C14H19ClFNO3S. The highest BCUT2D eigenvalue weighted by molar-refractivity contribution is 7.89. The minimum atomic E-state index is -4.08. The van der Waals surface area contributed by atoms with Crippen LogP contribution in [0.25, 0.3) is 0 Å². The maximum absolute atomic E-state index is 13.9. The third-order valence-electron chi connectivity index (χ3n) is 3.95. The first kappa shape index (κ1) is 16.7. The lowest BCUT2D eigenvalue weighted by Gasteiger charge is -2.39. The van der Waals surface area contributed by atoms with Crippen LogP contribution in [0.3, 0.4) is 0 Å². The highest BCUT2D eigenvalue weighted by Gasteiger charge is 2.39. The zero-order valence-electron chi connectivity index (χ0n) is 11.8. The lowest BCUT2D eigenvalue weighted by Crippen LogP contribution is -2.53. The zero-order chi connectivity index (χ0) is 15.7. The number of benzene rings is 1. The minimum Gasteiger partial charge on any atom is -0.394 e. The number of hydrogen-bond donors (Lipinski definition) is 2. The van der Waals surface area contributed by atoms with Gasteiger partial charge in [0.1, 0.15) is 4.90 Å². The first-order chi connectivity index (χ1) is 9.80. The third kappa shape index (κ3) is 3.56. The normalized spacial score (nSPS) is 26.8. The summed E-state index contributed by atoms with van der Waals surface area (Å²) >= 11 is 5.64. The Labute approximate surface area is 129 Å². The minimum absolute atomic E-state index is 0.243. The SMILES string of the molecule is CC1CCCC(CO)(NS(=O)(=O)c2cccc(Cl)c2F)C1. The van der Waals surface area contributed by atoms with E-state index in [1.165, 1.54) is 18.2 Å². The number of hydrogen-bond acceptors (Lipinski definition) is 3. The predicted octanol–water partition coefficient (Wildman–Crippen LogP) is 2.70. The molecule has 1 aromatic carbocycles. The van der Waals surface area contributed by atoms with Crippen LogP contribution in [0.5, 0.6) is 0 Å². The van der Waals surface area contributed by atoms with Gasteiger partial charge in [-0.25, -0.2) is 17.5 Å². The largest absolute Gasteiger partial charge is 0.394 e. The summed E-state index contributed by atoms with van der Waals surface area (Å²) in [6.45, 7) is 1.70. The molecule has 0 saturated heterocycles. The molecule has 0 aromatic heterocycles. The molecule has 0 amide bonds. The third-order valence-corrected chi connectivity index (χ3v) is 5.84. The Hall–Kier alpha value is -0.690. The molecule has 0 bridgehead atoms. The quantitative estimate of drug-likeness (QED) is 0.889. The van der Waals surface area contributed by atoms with E-state index in [2.05, 4.69) is 4.72 Å². The van der Waals surface area contributed by atoms with Crippen molar-refractivity contribution in [3.63, 3.8) is 0 Å². The van der Waals surface area contributed by atoms with E-state index < -0.39 is 26.3 Å². The van der Waals surface area contributed by atoms with Crippen molar-refractivity contribution in [3.8, 4) is 0 Å². The van der Waals surface area contributed by atoms with Gasteiger partial charge in [-0.05, 0) is 30.9 Å². The number of sulfonamides is 1. The van der Waals surface area contributed by atoms with Crippen LogP contribution >= 0.6 is 11.6 Å². The summed E-state index contributed by atoms with van der Waals surface area (Å²) in [5, 5.41) is 9.40. The van der Waals surface area contributed by atoms with Gasteiger partial charge < -0.3 is 5.11 Å². The molecule has 0 radical (unpaired) electrons. The van der Waals surface area contributed by atoms with Crippen LogP contribution in [0.15, 0.2) is 23.1 Å². The standard InChI is InChI=1S/C14H19ClFNO3S/c1-10-4-3-7-14(8-10,9-18)17-21(19,20)12-6-2-5-11(15)13(12)16/h2,5-6,10,17-18H,3-4,7-9H2,1H3. The molecule has 7 heteroatoms. The molecule has 1 aromatic rings. The van der Waals surface area contributed by atoms with Crippen LogP contribution in [-0.4, -0.2) is 25.7 Å². The van der Waals surface area contributed by atoms with Gasteiger partial charge in [-0.3, -0.25) is 0 Å². The molecule has 1 saturated carbocycles. The lowest BCUT2D eigenvalue weighted by atomic mass is 9.78. The molecule has 21 heavy (non-hydrogen) atoms. The summed E-state index contributed by atoms with van der Waals surface area (Å²) in [7, 11) is -4.08. The van der Waals surface area contributed by atoms with E-state index in [0.29, 0.717) is 18.8 Å². The zero-order valence-corrected chi connectivity index (χ0v) is 13.3. The van der Waals surface area contributed by atoms with E-state index in [9.17, 15) is 17.9 Å². The molecule has 4 nitrogen and oxygen atoms in total. The number of halogens is 2. The van der Waals surface area contributed by atoms with Crippen LogP contribution in [0.4, 0.5) is 4.39 Å². The Bertz CT molecular complexity index is 623. The number of nitrogens with one attached hydrogen (secondary N) is 1. The molecule has 1 aliphatic rings.